The van der Waals surface area contributed by atoms with E-state index >= 15 is 0 Å². The standard InChI is InChI=1S/C22H26ClN3O4/c1-25-17-6-4-5-15(23)22(17)16(24-25)12-26-10-9-19(18(27)13-26)30-14-7-8-20(28-2)21(11-14)29-3/h4-8,11,18-19,27H,9-10,12-13H2,1-3H3/t18-,19-/m1/s1. The highest BCUT2D eigenvalue weighted by Crippen LogP contribution is 2.32. The molecule has 8 heteroatoms. The van der Waals surface area contributed by atoms with Gasteiger partial charge in [-0.15, -0.1) is 0 Å². The van der Waals surface area contributed by atoms with Crippen LogP contribution in [0.15, 0.2) is 36.4 Å². The molecule has 0 spiro atoms. The zero-order valence-electron chi connectivity index (χ0n) is 17.3. The van der Waals surface area contributed by atoms with E-state index in [2.05, 4.69) is 10.00 Å². The van der Waals surface area contributed by atoms with Crippen molar-refractivity contribution >= 4 is 22.5 Å². The molecule has 0 amide bonds. The molecule has 1 aromatic heterocycles. The molecule has 2 aromatic carbocycles. The van der Waals surface area contributed by atoms with Crippen LogP contribution < -0.4 is 14.2 Å². The van der Waals surface area contributed by atoms with Gasteiger partial charge in [0.05, 0.1) is 30.5 Å². The molecule has 4 rings (SSSR count). The number of β-amino-alcohol motifs (C(OH)–C–C–N with tert-alkyl or cyclic N) is 1. The molecule has 1 N–H and O–H groups in total. The van der Waals surface area contributed by atoms with Gasteiger partial charge < -0.3 is 19.3 Å². The van der Waals surface area contributed by atoms with Gasteiger partial charge in [0.25, 0.3) is 0 Å². The molecule has 7 nitrogen and oxygen atoms in total. The Kier molecular flexibility index (Phi) is 6.04. The highest BCUT2D eigenvalue weighted by Gasteiger charge is 2.30. The van der Waals surface area contributed by atoms with Crippen LogP contribution >= 0.6 is 11.6 Å². The van der Waals surface area contributed by atoms with Gasteiger partial charge in [0.1, 0.15) is 18.0 Å². The summed E-state index contributed by atoms with van der Waals surface area (Å²) < 4.78 is 18.5. The smallest absolute Gasteiger partial charge is 0.164 e. The van der Waals surface area contributed by atoms with Crippen LogP contribution in [0.1, 0.15) is 12.1 Å². The minimum Gasteiger partial charge on any atom is -0.493 e. The van der Waals surface area contributed by atoms with Crippen LogP contribution in [-0.4, -0.2) is 59.3 Å². The number of aryl methyl sites for hydroxylation is 1. The summed E-state index contributed by atoms with van der Waals surface area (Å²) in [6, 6.07) is 11.2. The minimum atomic E-state index is -0.614. The number of hydrogen-bond donors (Lipinski definition) is 1. The molecule has 1 fully saturated rings. The fraction of sp³-hybridized carbons (Fsp3) is 0.409. The maximum atomic E-state index is 10.7. The lowest BCUT2D eigenvalue weighted by Gasteiger charge is -2.35. The van der Waals surface area contributed by atoms with Crippen LogP contribution in [0.5, 0.6) is 17.2 Å². The van der Waals surface area contributed by atoms with E-state index in [-0.39, 0.29) is 6.10 Å². The molecule has 0 unspecified atom stereocenters. The van der Waals surface area contributed by atoms with Gasteiger partial charge in [-0.05, 0) is 30.7 Å². The fourth-order valence-corrected chi connectivity index (χ4v) is 4.28. The maximum Gasteiger partial charge on any atom is 0.164 e. The Balaban J connectivity index is 1.43. The van der Waals surface area contributed by atoms with E-state index < -0.39 is 6.10 Å². The lowest BCUT2D eigenvalue weighted by Crippen LogP contribution is -2.48. The summed E-state index contributed by atoms with van der Waals surface area (Å²) in [5.41, 5.74) is 1.93. The van der Waals surface area contributed by atoms with E-state index in [1.165, 1.54) is 0 Å². The summed E-state index contributed by atoms with van der Waals surface area (Å²) in [5.74, 6) is 1.88. The first-order valence-corrected chi connectivity index (χ1v) is 10.3. The quantitative estimate of drug-likeness (QED) is 0.646. The van der Waals surface area contributed by atoms with E-state index in [1.807, 2.05) is 36.0 Å². The number of methoxy groups -OCH3 is 2. The molecule has 160 valence electrons. The first kappa shape index (κ1) is 20.8. The number of nitrogens with zero attached hydrogens (tertiary/aromatic N) is 3. The monoisotopic (exact) mass is 431 g/mol. The molecule has 0 bridgehead atoms. The molecular weight excluding hydrogens is 406 g/mol. The zero-order chi connectivity index (χ0) is 21.3. The predicted octanol–water partition coefficient (Wildman–Crippen LogP) is 3.26. The Morgan fingerprint density at radius 2 is 1.97 bits per heavy atom. The molecule has 1 aliphatic rings. The number of benzene rings is 2. The highest BCUT2D eigenvalue weighted by atomic mass is 35.5. The van der Waals surface area contributed by atoms with E-state index in [4.69, 9.17) is 25.8 Å². The SMILES string of the molecule is COc1ccc(O[C@@H]2CCN(Cc3nn(C)c4cccc(Cl)c34)C[C@H]2O)cc1OC. The molecule has 0 radical (unpaired) electrons. The van der Waals surface area contributed by atoms with Crippen LogP contribution in [0.25, 0.3) is 10.9 Å². The van der Waals surface area contributed by atoms with Gasteiger partial charge in [-0.2, -0.15) is 5.10 Å². The number of hydrogen-bond acceptors (Lipinski definition) is 6. The minimum absolute atomic E-state index is 0.289. The first-order valence-electron chi connectivity index (χ1n) is 9.89. The van der Waals surface area contributed by atoms with Crippen molar-refractivity contribution in [2.45, 2.75) is 25.2 Å². The normalized spacial score (nSPS) is 19.8. The third kappa shape index (κ3) is 4.05. The van der Waals surface area contributed by atoms with Gasteiger partial charge >= 0.3 is 0 Å². The summed E-state index contributed by atoms with van der Waals surface area (Å²) >= 11 is 6.42. The molecular formula is C22H26ClN3O4. The first-order chi connectivity index (χ1) is 14.5. The average molecular weight is 432 g/mol. The van der Waals surface area contributed by atoms with Crippen LogP contribution in [-0.2, 0) is 13.6 Å². The Morgan fingerprint density at radius 3 is 2.70 bits per heavy atom. The van der Waals surface area contributed by atoms with E-state index in [9.17, 15) is 5.11 Å². The second-order valence-electron chi connectivity index (χ2n) is 7.47. The Hall–Kier alpha value is -2.48. The van der Waals surface area contributed by atoms with Gasteiger partial charge in [0, 0.05) is 38.1 Å². The predicted molar refractivity (Wildman–Crippen MR) is 116 cm³/mol. The summed E-state index contributed by atoms with van der Waals surface area (Å²) in [7, 11) is 5.10. The van der Waals surface area contributed by atoms with Crippen molar-refractivity contribution < 1.29 is 19.3 Å². The number of likely N-dealkylation sites (tertiary alicyclic amines) is 1. The number of ether oxygens (including phenoxy) is 3. The van der Waals surface area contributed by atoms with Crippen molar-refractivity contribution in [1.82, 2.24) is 14.7 Å². The van der Waals surface area contributed by atoms with Crippen LogP contribution in [0.2, 0.25) is 5.02 Å². The number of aliphatic hydroxyl groups excluding tert-OH is 1. The molecule has 2 atom stereocenters. The molecule has 30 heavy (non-hydrogen) atoms. The molecule has 2 heterocycles. The number of piperidine rings is 1. The second-order valence-corrected chi connectivity index (χ2v) is 7.88. The number of fused-ring (bicyclic) bond motifs is 1. The Labute approximate surface area is 180 Å². The summed E-state index contributed by atoms with van der Waals surface area (Å²) in [5, 5.41) is 17.0. The fourth-order valence-electron chi connectivity index (χ4n) is 4.00. The summed E-state index contributed by atoms with van der Waals surface area (Å²) in [4.78, 5) is 2.18. The van der Waals surface area contributed by atoms with Gasteiger partial charge in [-0.1, -0.05) is 17.7 Å². The topological polar surface area (TPSA) is 69.0 Å². The lowest BCUT2D eigenvalue weighted by molar-refractivity contribution is -0.0278. The van der Waals surface area contributed by atoms with Crippen molar-refractivity contribution in [3.8, 4) is 17.2 Å². The number of aliphatic hydroxyl groups is 1. The molecule has 1 aliphatic heterocycles. The molecule has 0 aliphatic carbocycles. The zero-order valence-corrected chi connectivity index (χ0v) is 18.1. The summed E-state index contributed by atoms with van der Waals surface area (Å²) in [6.45, 7) is 1.92. The third-order valence-corrected chi connectivity index (χ3v) is 5.83. The second kappa shape index (κ2) is 8.71. The van der Waals surface area contributed by atoms with Crippen LogP contribution in [0, 0.1) is 0 Å². The molecule has 1 saturated heterocycles. The van der Waals surface area contributed by atoms with Crippen molar-refractivity contribution in [2.75, 3.05) is 27.3 Å². The van der Waals surface area contributed by atoms with E-state index in [1.54, 1.807) is 26.4 Å². The summed E-state index contributed by atoms with van der Waals surface area (Å²) in [6.07, 6.45) is -0.200. The average Bonchev–Trinajstić information content (AvgIpc) is 3.06. The maximum absolute atomic E-state index is 10.7. The Bertz CT molecular complexity index is 1040. The van der Waals surface area contributed by atoms with E-state index in [0.717, 1.165) is 23.1 Å². The van der Waals surface area contributed by atoms with Gasteiger partial charge in [0.2, 0.25) is 0 Å². The number of rotatable bonds is 6. The van der Waals surface area contributed by atoms with Gasteiger partial charge in [-0.25, -0.2) is 0 Å². The largest absolute Gasteiger partial charge is 0.493 e. The van der Waals surface area contributed by atoms with Gasteiger partial charge in [-0.3, -0.25) is 9.58 Å². The van der Waals surface area contributed by atoms with Crippen molar-refractivity contribution in [1.29, 1.82) is 0 Å². The third-order valence-electron chi connectivity index (χ3n) is 5.52. The molecule has 3 aromatic rings. The van der Waals surface area contributed by atoms with Gasteiger partial charge in [0.15, 0.2) is 11.5 Å². The van der Waals surface area contributed by atoms with Crippen LogP contribution in [0.3, 0.4) is 0 Å². The van der Waals surface area contributed by atoms with Crippen LogP contribution in [0.4, 0.5) is 0 Å². The highest BCUT2D eigenvalue weighted by molar-refractivity contribution is 6.35. The van der Waals surface area contributed by atoms with Crippen molar-refractivity contribution in [3.05, 3.63) is 47.1 Å². The van der Waals surface area contributed by atoms with Crippen molar-refractivity contribution in [3.63, 3.8) is 0 Å². The molecule has 0 saturated carbocycles. The number of halogens is 1. The Morgan fingerprint density at radius 1 is 1.17 bits per heavy atom. The van der Waals surface area contributed by atoms with Crippen molar-refractivity contribution in [2.24, 2.45) is 7.05 Å². The number of aromatic nitrogens is 2. The van der Waals surface area contributed by atoms with E-state index in [0.29, 0.717) is 41.8 Å². The lowest BCUT2D eigenvalue weighted by atomic mass is 10.0.